The second-order valence-electron chi connectivity index (χ2n) is 20.0. The molecule has 344 valence electrons. The maximum atomic E-state index is 2.55. The van der Waals surface area contributed by atoms with Gasteiger partial charge in [-0.15, -0.1) is 0 Å². The van der Waals surface area contributed by atoms with E-state index >= 15 is 0 Å². The highest BCUT2D eigenvalue weighted by atomic mass is 28.3. The molecule has 9 aromatic carbocycles. The van der Waals surface area contributed by atoms with E-state index in [1.165, 1.54) is 138 Å². The molecule has 9 aromatic rings. The Balaban J connectivity index is 1.62. The first-order valence-corrected chi connectivity index (χ1v) is 27.1. The largest absolute Gasteiger partial charge is 0.162 e. The molecule has 0 N–H and O–H groups in total. The first-order valence-electron chi connectivity index (χ1n) is 25.1. The zero-order valence-corrected chi connectivity index (χ0v) is 43.6. The first-order chi connectivity index (χ1) is 33.9. The molecule has 0 atom stereocenters. The zero-order chi connectivity index (χ0) is 48.8. The van der Waals surface area contributed by atoms with Gasteiger partial charge >= 0.3 is 0 Å². The third-order valence-electron chi connectivity index (χ3n) is 15.8. The Morgan fingerprint density at radius 2 is 0.443 bits per heavy atom. The minimum Gasteiger partial charge on any atom is -0.0647 e. The van der Waals surface area contributed by atoms with Crippen molar-refractivity contribution in [3.63, 3.8) is 0 Å². The normalized spacial score (nSPS) is 13.1. The molecule has 0 radical (unpaired) electrons. The van der Waals surface area contributed by atoms with Gasteiger partial charge in [-0.3, -0.25) is 0 Å². The molecule has 0 aliphatic heterocycles. The molecular weight excluding hydrogens is 857 g/mol. The fourth-order valence-electron chi connectivity index (χ4n) is 12.9. The fraction of sp³-hybridized carbons (Fsp3) is 0.159. The van der Waals surface area contributed by atoms with Crippen molar-refractivity contribution < 1.29 is 0 Å². The summed E-state index contributed by atoms with van der Waals surface area (Å²) >= 11 is 0. The van der Waals surface area contributed by atoms with Gasteiger partial charge in [0.1, 0.15) is 0 Å². The molecule has 0 fully saturated rings. The third-order valence-corrected chi connectivity index (χ3v) is 21.8. The summed E-state index contributed by atoms with van der Waals surface area (Å²) in [5.41, 5.74) is 29.1. The van der Waals surface area contributed by atoms with Crippen molar-refractivity contribution >= 4 is 23.6 Å². The van der Waals surface area contributed by atoms with E-state index in [-0.39, 0.29) is 5.54 Å². The molecule has 0 saturated carbocycles. The summed E-state index contributed by atoms with van der Waals surface area (Å²) in [4.78, 5) is 0. The number of allylic oxidation sites excluding steroid dienone is 4. The second-order valence-corrected chi connectivity index (χ2v) is 23.7. The standard InChI is InChI=1S/C69H64Si/c1-44-41-47(4)66(63(57-35-23-14-24-36-57)60(44)54-29-17-11-18-30-54)70(69-52(9)50(7)51(8)53(69)10,67-48(5)42-45(2)61(55-31-19-12-20-32-55)64(67)58-37-25-15-26-38-58)68-49(6)43-46(3)62(56-33-21-13-22-34-56)65(68)59-39-27-16-28-40-59/h11-43,69H,1-10H3. The van der Waals surface area contributed by atoms with E-state index in [0.29, 0.717) is 0 Å². The summed E-state index contributed by atoms with van der Waals surface area (Å²) in [6.45, 7) is 24.1. The first kappa shape index (κ1) is 46.4. The predicted octanol–water partition coefficient (Wildman–Crippen LogP) is 17.1. The molecule has 10 rings (SSSR count). The van der Waals surface area contributed by atoms with Crippen LogP contribution in [0, 0.1) is 41.5 Å². The van der Waals surface area contributed by atoms with E-state index in [2.05, 4.69) is 269 Å². The Kier molecular flexibility index (Phi) is 12.5. The van der Waals surface area contributed by atoms with Gasteiger partial charge in [0.15, 0.2) is 8.07 Å². The van der Waals surface area contributed by atoms with Gasteiger partial charge in [0.05, 0.1) is 0 Å². The number of benzene rings is 9. The molecule has 1 aliphatic carbocycles. The van der Waals surface area contributed by atoms with E-state index in [4.69, 9.17) is 0 Å². The number of hydrogen-bond donors (Lipinski definition) is 0. The van der Waals surface area contributed by atoms with Gasteiger partial charge in [0.2, 0.25) is 0 Å². The van der Waals surface area contributed by atoms with Gasteiger partial charge in [-0.05, 0) is 179 Å². The van der Waals surface area contributed by atoms with Gasteiger partial charge in [-0.2, -0.15) is 0 Å². The van der Waals surface area contributed by atoms with Crippen molar-refractivity contribution in [3.05, 3.63) is 256 Å². The summed E-state index contributed by atoms with van der Waals surface area (Å²) < 4.78 is 0. The second kappa shape index (κ2) is 18.9. The van der Waals surface area contributed by atoms with E-state index in [1.807, 2.05) is 0 Å². The molecule has 0 unspecified atom stereocenters. The average molecular weight is 921 g/mol. The lowest BCUT2D eigenvalue weighted by Crippen LogP contribution is -2.73. The van der Waals surface area contributed by atoms with Crippen LogP contribution in [0.3, 0.4) is 0 Å². The van der Waals surface area contributed by atoms with E-state index < -0.39 is 8.07 Å². The van der Waals surface area contributed by atoms with Crippen LogP contribution in [-0.4, -0.2) is 8.07 Å². The van der Waals surface area contributed by atoms with Crippen molar-refractivity contribution in [3.8, 4) is 66.8 Å². The summed E-state index contributed by atoms with van der Waals surface area (Å²) in [7, 11) is -3.69. The van der Waals surface area contributed by atoms with E-state index in [0.717, 1.165) is 0 Å². The quantitative estimate of drug-likeness (QED) is 0.0947. The lowest BCUT2D eigenvalue weighted by molar-refractivity contribution is 1.09. The minimum atomic E-state index is -3.69. The molecular formula is C69H64Si. The van der Waals surface area contributed by atoms with Crippen LogP contribution in [0.2, 0.25) is 5.54 Å². The van der Waals surface area contributed by atoms with E-state index in [9.17, 15) is 0 Å². The SMILES string of the molecule is CC1=C(C)C([Si](c2c(C)cc(C)c(-c3ccccc3)c2-c2ccccc2)(c2c(C)cc(C)c(-c3ccccc3)c2-c2ccccc2)c2c(C)cc(C)c(-c3ccccc3)c2-c2ccccc2)C(C)=C1C. The van der Waals surface area contributed by atoms with Crippen LogP contribution in [0.25, 0.3) is 66.8 Å². The van der Waals surface area contributed by atoms with Crippen LogP contribution < -0.4 is 15.6 Å². The molecule has 1 heteroatoms. The highest BCUT2D eigenvalue weighted by Crippen LogP contribution is 2.52. The molecule has 0 nitrogen and oxygen atoms in total. The fourth-order valence-corrected chi connectivity index (χ4v) is 20.3. The average Bonchev–Trinajstić information content (AvgIpc) is 3.57. The van der Waals surface area contributed by atoms with E-state index in [1.54, 1.807) is 0 Å². The molecule has 0 aromatic heterocycles. The van der Waals surface area contributed by atoms with Crippen LogP contribution in [0.4, 0.5) is 0 Å². The van der Waals surface area contributed by atoms with Gasteiger partial charge in [0, 0.05) is 5.54 Å². The molecule has 1 aliphatic rings. The summed E-state index contributed by atoms with van der Waals surface area (Å²) in [6.07, 6.45) is 0. The van der Waals surface area contributed by atoms with Crippen molar-refractivity contribution in [1.82, 2.24) is 0 Å². The summed E-state index contributed by atoms with van der Waals surface area (Å²) in [5.74, 6) is 0. The Labute approximate surface area is 418 Å². The zero-order valence-electron chi connectivity index (χ0n) is 42.6. The smallest absolute Gasteiger partial charge is 0.0647 e. The lowest BCUT2D eigenvalue weighted by atomic mass is 9.88. The van der Waals surface area contributed by atoms with Crippen LogP contribution in [0.5, 0.6) is 0 Å². The van der Waals surface area contributed by atoms with Crippen molar-refractivity contribution in [2.24, 2.45) is 0 Å². The monoisotopic (exact) mass is 920 g/mol. The van der Waals surface area contributed by atoms with Gasteiger partial charge in [-0.25, -0.2) is 0 Å². The van der Waals surface area contributed by atoms with Gasteiger partial charge in [0.25, 0.3) is 0 Å². The summed E-state index contributed by atoms with van der Waals surface area (Å²) in [5, 5.41) is 4.46. The lowest BCUT2D eigenvalue weighted by Gasteiger charge is -2.48. The predicted molar refractivity (Wildman–Crippen MR) is 306 cm³/mol. The Bertz CT molecular complexity index is 3110. The highest BCUT2D eigenvalue weighted by Gasteiger charge is 2.56. The van der Waals surface area contributed by atoms with Crippen LogP contribution in [0.15, 0.2) is 222 Å². The molecule has 0 heterocycles. The summed E-state index contributed by atoms with van der Waals surface area (Å²) in [6, 6.07) is 75.6. The number of rotatable bonds is 10. The van der Waals surface area contributed by atoms with Crippen LogP contribution in [-0.2, 0) is 0 Å². The van der Waals surface area contributed by atoms with Crippen molar-refractivity contribution in [2.45, 2.75) is 74.8 Å². The maximum Gasteiger partial charge on any atom is 0.162 e. The number of hydrogen-bond acceptors (Lipinski definition) is 0. The molecule has 70 heavy (non-hydrogen) atoms. The van der Waals surface area contributed by atoms with Crippen LogP contribution in [0.1, 0.15) is 61.1 Å². The van der Waals surface area contributed by atoms with Gasteiger partial charge < -0.3 is 0 Å². The molecule has 0 saturated heterocycles. The Hall–Kier alpha value is -7.32. The molecule has 0 amide bonds. The minimum absolute atomic E-state index is 0.0555. The Morgan fingerprint density at radius 1 is 0.243 bits per heavy atom. The van der Waals surface area contributed by atoms with Gasteiger partial charge in [-0.1, -0.05) is 228 Å². The van der Waals surface area contributed by atoms with Crippen LogP contribution >= 0.6 is 0 Å². The van der Waals surface area contributed by atoms with Crippen molar-refractivity contribution in [1.29, 1.82) is 0 Å². The molecule has 0 spiro atoms. The molecule has 0 bridgehead atoms. The van der Waals surface area contributed by atoms with Crippen molar-refractivity contribution in [2.75, 3.05) is 0 Å². The maximum absolute atomic E-state index is 3.69. The third kappa shape index (κ3) is 7.59. The number of aryl methyl sites for hydroxylation is 6. The Morgan fingerprint density at radius 3 is 0.657 bits per heavy atom. The highest BCUT2D eigenvalue weighted by molar-refractivity contribution is 7.15. The topological polar surface area (TPSA) is 0 Å².